The van der Waals surface area contributed by atoms with Gasteiger partial charge in [0.2, 0.25) is 0 Å². The van der Waals surface area contributed by atoms with E-state index in [4.69, 9.17) is 10.9 Å². The van der Waals surface area contributed by atoms with E-state index in [1.54, 1.807) is 0 Å². The van der Waals surface area contributed by atoms with Crippen molar-refractivity contribution in [2.45, 2.75) is 6.42 Å². The van der Waals surface area contributed by atoms with E-state index in [0.29, 0.717) is 6.42 Å². The van der Waals surface area contributed by atoms with Gasteiger partial charge in [0.25, 0.3) is 0 Å². The van der Waals surface area contributed by atoms with Gasteiger partial charge in [0.1, 0.15) is 11.7 Å². The lowest BCUT2D eigenvalue weighted by molar-refractivity contribution is 0.317. The minimum atomic E-state index is 0.161. The fourth-order valence-electron chi connectivity index (χ4n) is 1.55. The van der Waals surface area contributed by atoms with Crippen LogP contribution in [-0.4, -0.2) is 20.6 Å². The van der Waals surface area contributed by atoms with Crippen LogP contribution in [0.4, 0.5) is 0 Å². The third-order valence-corrected chi connectivity index (χ3v) is 2.35. The van der Waals surface area contributed by atoms with Crippen LogP contribution in [-0.2, 0) is 13.5 Å². The van der Waals surface area contributed by atoms with E-state index >= 15 is 0 Å². The standard InChI is InChI=1S/C10H12N4O/c1-14-8-5-3-2-4-7(8)12-10(14)6-9(11)13-15/h2-5,15H,6H2,1H3,(H2,11,13). The molecular weight excluding hydrogens is 192 g/mol. The van der Waals surface area contributed by atoms with Gasteiger partial charge in [0.05, 0.1) is 17.5 Å². The summed E-state index contributed by atoms with van der Waals surface area (Å²) in [6.45, 7) is 0. The van der Waals surface area contributed by atoms with Gasteiger partial charge in [-0.15, -0.1) is 0 Å². The normalized spacial score (nSPS) is 12.2. The minimum absolute atomic E-state index is 0.161. The van der Waals surface area contributed by atoms with E-state index in [1.807, 2.05) is 35.9 Å². The molecule has 1 heterocycles. The summed E-state index contributed by atoms with van der Waals surface area (Å²) in [5.74, 6) is 0.944. The van der Waals surface area contributed by atoms with Gasteiger partial charge in [-0.05, 0) is 12.1 Å². The van der Waals surface area contributed by atoms with Gasteiger partial charge in [-0.1, -0.05) is 17.3 Å². The predicted octanol–water partition coefficient (Wildman–Crippen LogP) is 0.862. The van der Waals surface area contributed by atoms with Gasteiger partial charge in [0, 0.05) is 7.05 Å². The second kappa shape index (κ2) is 3.61. The summed E-state index contributed by atoms with van der Waals surface area (Å²) in [6.07, 6.45) is 0.349. The molecule has 0 aliphatic rings. The molecule has 78 valence electrons. The first-order valence-electron chi connectivity index (χ1n) is 4.59. The Bertz CT molecular complexity index is 515. The third kappa shape index (κ3) is 1.63. The van der Waals surface area contributed by atoms with E-state index < -0.39 is 0 Å². The summed E-state index contributed by atoms with van der Waals surface area (Å²) in [6, 6.07) is 7.81. The molecule has 0 fully saturated rings. The highest BCUT2D eigenvalue weighted by atomic mass is 16.4. The molecule has 0 amide bonds. The molecule has 2 rings (SSSR count). The lowest BCUT2D eigenvalue weighted by Crippen LogP contribution is -2.17. The maximum Gasteiger partial charge on any atom is 0.146 e. The molecule has 0 saturated heterocycles. The molecule has 0 saturated carbocycles. The maximum absolute atomic E-state index is 8.49. The molecule has 0 spiro atoms. The van der Waals surface area contributed by atoms with Crippen LogP contribution in [0.25, 0.3) is 11.0 Å². The Morgan fingerprint density at radius 1 is 1.53 bits per heavy atom. The number of hydrogen-bond acceptors (Lipinski definition) is 3. The molecular formula is C10H12N4O. The molecule has 5 nitrogen and oxygen atoms in total. The smallest absolute Gasteiger partial charge is 0.146 e. The molecule has 3 N–H and O–H groups in total. The first-order valence-corrected chi connectivity index (χ1v) is 4.59. The van der Waals surface area contributed by atoms with Crippen LogP contribution >= 0.6 is 0 Å². The van der Waals surface area contributed by atoms with Crippen LogP contribution < -0.4 is 5.73 Å². The summed E-state index contributed by atoms with van der Waals surface area (Å²) in [5, 5.41) is 11.4. The lowest BCUT2D eigenvalue weighted by atomic mass is 10.3. The number of benzene rings is 1. The number of hydrogen-bond donors (Lipinski definition) is 2. The quantitative estimate of drug-likeness (QED) is 0.330. The Morgan fingerprint density at radius 2 is 2.27 bits per heavy atom. The Hall–Kier alpha value is -2.04. The molecule has 1 aromatic heterocycles. The average Bonchev–Trinajstić information content (AvgIpc) is 2.57. The lowest BCUT2D eigenvalue weighted by Gasteiger charge is -2.00. The van der Waals surface area contributed by atoms with Crippen molar-refractivity contribution in [2.24, 2.45) is 17.9 Å². The molecule has 2 aromatic rings. The van der Waals surface area contributed by atoms with Crippen LogP contribution in [0.2, 0.25) is 0 Å². The minimum Gasteiger partial charge on any atom is -0.409 e. The molecule has 1 aromatic carbocycles. The van der Waals surface area contributed by atoms with E-state index in [0.717, 1.165) is 16.9 Å². The summed E-state index contributed by atoms with van der Waals surface area (Å²) < 4.78 is 1.94. The van der Waals surface area contributed by atoms with E-state index in [1.165, 1.54) is 0 Å². The second-order valence-corrected chi connectivity index (χ2v) is 3.34. The van der Waals surface area contributed by atoms with Crippen molar-refractivity contribution in [3.63, 3.8) is 0 Å². The van der Waals surface area contributed by atoms with Gasteiger partial charge < -0.3 is 15.5 Å². The van der Waals surface area contributed by atoms with Gasteiger partial charge in [-0.25, -0.2) is 4.98 Å². The number of aromatic nitrogens is 2. The third-order valence-electron chi connectivity index (χ3n) is 2.35. The predicted molar refractivity (Wildman–Crippen MR) is 57.8 cm³/mol. The number of imidazole rings is 1. The molecule has 0 aliphatic carbocycles. The Labute approximate surface area is 86.8 Å². The number of aryl methyl sites for hydroxylation is 1. The molecule has 0 radical (unpaired) electrons. The van der Waals surface area contributed by atoms with Crippen molar-refractivity contribution in [2.75, 3.05) is 0 Å². The van der Waals surface area contributed by atoms with E-state index in [-0.39, 0.29) is 5.84 Å². The summed E-state index contributed by atoms with van der Waals surface area (Å²) in [7, 11) is 1.91. The molecule has 15 heavy (non-hydrogen) atoms. The van der Waals surface area contributed by atoms with Crippen molar-refractivity contribution >= 4 is 16.9 Å². The van der Waals surface area contributed by atoms with Gasteiger partial charge in [-0.2, -0.15) is 0 Å². The van der Waals surface area contributed by atoms with E-state index in [9.17, 15) is 0 Å². The van der Waals surface area contributed by atoms with Crippen molar-refractivity contribution in [3.05, 3.63) is 30.1 Å². The Kier molecular flexibility index (Phi) is 2.29. The van der Waals surface area contributed by atoms with Crippen molar-refractivity contribution in [1.29, 1.82) is 0 Å². The number of rotatable bonds is 2. The fraction of sp³-hybridized carbons (Fsp3) is 0.200. The SMILES string of the molecule is Cn1c(C/C(N)=N\O)nc2ccccc21. The van der Waals surface area contributed by atoms with Crippen molar-refractivity contribution in [3.8, 4) is 0 Å². The van der Waals surface area contributed by atoms with Crippen LogP contribution in [0.3, 0.4) is 0 Å². The van der Waals surface area contributed by atoms with Crippen LogP contribution in [0.5, 0.6) is 0 Å². The van der Waals surface area contributed by atoms with Crippen LogP contribution in [0.15, 0.2) is 29.4 Å². The van der Waals surface area contributed by atoms with Gasteiger partial charge >= 0.3 is 0 Å². The molecule has 0 unspecified atom stereocenters. The highest BCUT2D eigenvalue weighted by Gasteiger charge is 2.08. The van der Waals surface area contributed by atoms with Gasteiger partial charge in [-0.3, -0.25) is 0 Å². The molecule has 5 heteroatoms. The zero-order valence-corrected chi connectivity index (χ0v) is 8.38. The number of nitrogens with two attached hydrogens (primary N) is 1. The molecule has 0 atom stereocenters. The first kappa shape index (κ1) is 9.51. The summed E-state index contributed by atoms with van der Waals surface area (Å²) >= 11 is 0. The van der Waals surface area contributed by atoms with Crippen LogP contribution in [0.1, 0.15) is 5.82 Å². The Morgan fingerprint density at radius 3 is 2.93 bits per heavy atom. The zero-order chi connectivity index (χ0) is 10.8. The number of fused-ring (bicyclic) bond motifs is 1. The van der Waals surface area contributed by atoms with Crippen molar-refractivity contribution < 1.29 is 5.21 Å². The second-order valence-electron chi connectivity index (χ2n) is 3.34. The topological polar surface area (TPSA) is 76.4 Å². The highest BCUT2D eigenvalue weighted by molar-refractivity contribution is 5.83. The largest absolute Gasteiger partial charge is 0.409 e. The Balaban J connectivity index is 2.49. The van der Waals surface area contributed by atoms with Crippen LogP contribution in [0, 0.1) is 0 Å². The van der Waals surface area contributed by atoms with Crippen molar-refractivity contribution in [1.82, 2.24) is 9.55 Å². The fourth-order valence-corrected chi connectivity index (χ4v) is 1.55. The summed E-state index contributed by atoms with van der Waals surface area (Å²) in [5.41, 5.74) is 7.40. The van der Waals surface area contributed by atoms with Gasteiger partial charge in [0.15, 0.2) is 0 Å². The van der Waals surface area contributed by atoms with E-state index in [2.05, 4.69) is 10.1 Å². The maximum atomic E-state index is 8.49. The average molecular weight is 204 g/mol. The highest BCUT2D eigenvalue weighted by Crippen LogP contribution is 2.14. The monoisotopic (exact) mass is 204 g/mol. The molecule has 0 bridgehead atoms. The number of amidine groups is 1. The zero-order valence-electron chi connectivity index (χ0n) is 8.38. The first-order chi connectivity index (χ1) is 7.22. The number of nitrogens with zero attached hydrogens (tertiary/aromatic N) is 3. The number of para-hydroxylation sites is 2. The summed E-state index contributed by atoms with van der Waals surface area (Å²) in [4.78, 5) is 4.39. The molecule has 0 aliphatic heterocycles. The number of oxime groups is 1.